The van der Waals surface area contributed by atoms with Crippen molar-refractivity contribution in [1.82, 2.24) is 9.88 Å². The zero-order valence-corrected chi connectivity index (χ0v) is 14.7. The molecule has 1 unspecified atom stereocenters. The average Bonchev–Trinajstić information content (AvgIpc) is 3.02. The first-order valence-corrected chi connectivity index (χ1v) is 8.57. The summed E-state index contributed by atoms with van der Waals surface area (Å²) in [4.78, 5) is 24.5. The molecular weight excluding hydrogens is 344 g/mol. The lowest BCUT2D eigenvalue weighted by atomic mass is 10.1. The molecule has 4 aromatic rings. The number of benzene rings is 2. The number of aliphatic hydroxyl groups excluding tert-OH is 1. The molecule has 0 aliphatic carbocycles. The van der Waals surface area contributed by atoms with Crippen molar-refractivity contribution in [2.75, 3.05) is 6.54 Å². The second-order valence-corrected chi connectivity index (χ2v) is 6.42. The molecule has 6 nitrogen and oxygen atoms in total. The van der Waals surface area contributed by atoms with E-state index in [9.17, 15) is 14.7 Å². The van der Waals surface area contributed by atoms with Gasteiger partial charge >= 0.3 is 5.63 Å². The number of carbonyl (C=O) groups is 1. The summed E-state index contributed by atoms with van der Waals surface area (Å²) in [6.07, 6.45) is 0.943. The summed E-state index contributed by atoms with van der Waals surface area (Å²) in [5.74, 6) is -0.575. The molecule has 136 valence electrons. The zero-order valence-electron chi connectivity index (χ0n) is 14.7. The van der Waals surface area contributed by atoms with Crippen LogP contribution in [0.5, 0.6) is 0 Å². The van der Waals surface area contributed by atoms with Gasteiger partial charge in [0.25, 0.3) is 5.91 Å². The van der Waals surface area contributed by atoms with Gasteiger partial charge in [0.2, 0.25) is 0 Å². The largest absolute Gasteiger partial charge is 0.422 e. The summed E-state index contributed by atoms with van der Waals surface area (Å²) in [5.41, 5.74) is 1.35. The van der Waals surface area contributed by atoms with Crippen molar-refractivity contribution in [2.24, 2.45) is 7.05 Å². The molecule has 0 radical (unpaired) electrons. The molecule has 0 saturated heterocycles. The third-order valence-corrected chi connectivity index (χ3v) is 4.63. The lowest BCUT2D eigenvalue weighted by Crippen LogP contribution is -2.31. The van der Waals surface area contributed by atoms with Gasteiger partial charge in [-0.3, -0.25) is 4.79 Å². The predicted molar refractivity (Wildman–Crippen MR) is 103 cm³/mol. The fourth-order valence-electron chi connectivity index (χ4n) is 3.25. The van der Waals surface area contributed by atoms with Crippen LogP contribution in [0.25, 0.3) is 21.9 Å². The van der Waals surface area contributed by atoms with E-state index in [0.29, 0.717) is 11.0 Å². The van der Waals surface area contributed by atoms with E-state index in [4.69, 9.17) is 4.42 Å². The van der Waals surface area contributed by atoms with E-state index < -0.39 is 17.6 Å². The van der Waals surface area contributed by atoms with Gasteiger partial charge in [0.05, 0.1) is 6.10 Å². The molecule has 1 atom stereocenters. The van der Waals surface area contributed by atoms with E-state index in [1.54, 1.807) is 24.3 Å². The molecule has 6 heteroatoms. The number of nitrogens with zero attached hydrogens (tertiary/aromatic N) is 1. The first-order valence-electron chi connectivity index (χ1n) is 8.57. The Bertz CT molecular complexity index is 1210. The SMILES string of the molecule is Cn1cc(C(O)CNC(=O)c2cc3ccccc3oc2=O)c2ccccc21. The van der Waals surface area contributed by atoms with E-state index in [1.807, 2.05) is 42.1 Å². The Morgan fingerprint density at radius 1 is 1.19 bits per heavy atom. The first kappa shape index (κ1) is 17.1. The Balaban J connectivity index is 1.55. The fourth-order valence-corrected chi connectivity index (χ4v) is 3.25. The van der Waals surface area contributed by atoms with Gasteiger partial charge in [-0.05, 0) is 18.2 Å². The second kappa shape index (κ2) is 6.74. The molecule has 0 saturated carbocycles. The number of para-hydroxylation sites is 2. The molecule has 2 aromatic heterocycles. The number of hydrogen-bond acceptors (Lipinski definition) is 4. The molecule has 0 aliphatic heterocycles. The van der Waals surface area contributed by atoms with Gasteiger partial charge in [-0.2, -0.15) is 0 Å². The van der Waals surface area contributed by atoms with Gasteiger partial charge in [-0.25, -0.2) is 4.79 Å². The Morgan fingerprint density at radius 2 is 1.93 bits per heavy atom. The standard InChI is InChI=1S/C21H18N2O4/c1-23-12-16(14-7-3-4-8-17(14)23)18(24)11-22-20(25)15-10-13-6-2-5-9-19(13)27-21(15)26/h2-10,12,18,24H,11H2,1H3,(H,22,25). The van der Waals surface area contributed by atoms with Gasteiger partial charge in [0, 0.05) is 41.6 Å². The summed E-state index contributed by atoms with van der Waals surface area (Å²) in [5, 5.41) is 14.7. The Morgan fingerprint density at radius 3 is 2.78 bits per heavy atom. The van der Waals surface area contributed by atoms with Crippen molar-refractivity contribution in [1.29, 1.82) is 0 Å². The molecule has 1 amide bonds. The number of rotatable bonds is 4. The monoisotopic (exact) mass is 362 g/mol. The van der Waals surface area contributed by atoms with Crippen LogP contribution in [0, 0.1) is 0 Å². The number of hydrogen-bond donors (Lipinski definition) is 2. The minimum Gasteiger partial charge on any atom is -0.422 e. The lowest BCUT2D eigenvalue weighted by molar-refractivity contribution is 0.0913. The van der Waals surface area contributed by atoms with Crippen molar-refractivity contribution < 1.29 is 14.3 Å². The minimum absolute atomic E-state index is 0.0148. The van der Waals surface area contributed by atoms with Crippen LogP contribution in [-0.2, 0) is 7.05 Å². The van der Waals surface area contributed by atoms with Crippen molar-refractivity contribution in [3.05, 3.63) is 82.3 Å². The summed E-state index contributed by atoms with van der Waals surface area (Å²) in [6, 6.07) is 16.2. The van der Waals surface area contributed by atoms with Crippen molar-refractivity contribution in [2.45, 2.75) is 6.10 Å². The third kappa shape index (κ3) is 3.11. The third-order valence-electron chi connectivity index (χ3n) is 4.63. The highest BCUT2D eigenvalue weighted by Gasteiger charge is 2.18. The molecule has 0 spiro atoms. The van der Waals surface area contributed by atoms with E-state index in [1.165, 1.54) is 6.07 Å². The summed E-state index contributed by atoms with van der Waals surface area (Å²) >= 11 is 0. The molecule has 2 heterocycles. The number of amides is 1. The summed E-state index contributed by atoms with van der Waals surface area (Å²) in [7, 11) is 1.90. The van der Waals surface area contributed by atoms with Crippen LogP contribution in [0.1, 0.15) is 22.0 Å². The summed E-state index contributed by atoms with van der Waals surface area (Å²) < 4.78 is 7.11. The average molecular weight is 362 g/mol. The van der Waals surface area contributed by atoms with Crippen LogP contribution < -0.4 is 10.9 Å². The number of aryl methyl sites for hydroxylation is 1. The van der Waals surface area contributed by atoms with Crippen LogP contribution in [-0.4, -0.2) is 22.1 Å². The van der Waals surface area contributed by atoms with Crippen LogP contribution in [0.15, 0.2) is 70.0 Å². The smallest absolute Gasteiger partial charge is 0.349 e. The number of fused-ring (bicyclic) bond motifs is 2. The molecule has 2 aromatic carbocycles. The number of carbonyl (C=O) groups excluding carboxylic acids is 1. The maximum absolute atomic E-state index is 12.4. The first-order chi connectivity index (χ1) is 13.0. The van der Waals surface area contributed by atoms with E-state index in [-0.39, 0.29) is 12.1 Å². The van der Waals surface area contributed by atoms with E-state index >= 15 is 0 Å². The minimum atomic E-state index is -0.896. The van der Waals surface area contributed by atoms with Crippen molar-refractivity contribution >= 4 is 27.8 Å². The maximum atomic E-state index is 12.4. The maximum Gasteiger partial charge on any atom is 0.349 e. The fraction of sp³-hybridized carbons (Fsp3) is 0.143. The zero-order chi connectivity index (χ0) is 19.0. The van der Waals surface area contributed by atoms with Crippen LogP contribution >= 0.6 is 0 Å². The Labute approximate surface area is 154 Å². The predicted octanol–water partition coefficient (Wildman–Crippen LogP) is 2.75. The molecule has 0 aliphatic rings. The number of nitrogens with one attached hydrogen (secondary N) is 1. The normalized spacial score (nSPS) is 12.4. The van der Waals surface area contributed by atoms with Crippen molar-refractivity contribution in [3.63, 3.8) is 0 Å². The second-order valence-electron chi connectivity index (χ2n) is 6.42. The lowest BCUT2D eigenvalue weighted by Gasteiger charge is -2.11. The summed E-state index contributed by atoms with van der Waals surface area (Å²) in [6.45, 7) is -0.0148. The topological polar surface area (TPSA) is 84.5 Å². The Kier molecular flexibility index (Phi) is 4.25. The highest BCUT2D eigenvalue weighted by Crippen LogP contribution is 2.25. The van der Waals surface area contributed by atoms with Gasteiger partial charge < -0.3 is 19.4 Å². The van der Waals surface area contributed by atoms with Crippen molar-refractivity contribution in [3.8, 4) is 0 Å². The molecular formula is C21H18N2O4. The molecule has 2 N–H and O–H groups in total. The highest BCUT2D eigenvalue weighted by molar-refractivity contribution is 5.96. The van der Waals surface area contributed by atoms with Gasteiger partial charge in [0.1, 0.15) is 11.1 Å². The van der Waals surface area contributed by atoms with Crippen LogP contribution in [0.3, 0.4) is 0 Å². The molecule has 27 heavy (non-hydrogen) atoms. The van der Waals surface area contributed by atoms with Crippen LogP contribution in [0.4, 0.5) is 0 Å². The molecule has 4 rings (SSSR count). The number of aromatic nitrogens is 1. The van der Waals surface area contributed by atoms with Gasteiger partial charge in [0.15, 0.2) is 0 Å². The van der Waals surface area contributed by atoms with Gasteiger partial charge in [-0.15, -0.1) is 0 Å². The molecule has 0 fully saturated rings. The molecule has 0 bridgehead atoms. The number of aliphatic hydroxyl groups is 1. The van der Waals surface area contributed by atoms with E-state index in [2.05, 4.69) is 5.32 Å². The Hall–Kier alpha value is -3.38. The highest BCUT2D eigenvalue weighted by atomic mass is 16.4. The van der Waals surface area contributed by atoms with Crippen LogP contribution in [0.2, 0.25) is 0 Å². The van der Waals surface area contributed by atoms with Gasteiger partial charge in [-0.1, -0.05) is 36.4 Å². The quantitative estimate of drug-likeness (QED) is 0.547. The van der Waals surface area contributed by atoms with E-state index in [0.717, 1.165) is 16.5 Å².